The summed E-state index contributed by atoms with van der Waals surface area (Å²) in [4.78, 5) is 11.3. The maximum absolute atomic E-state index is 5.85. The molecule has 1 aliphatic heterocycles. The van der Waals surface area contributed by atoms with Gasteiger partial charge in [-0.3, -0.25) is 4.90 Å². The van der Waals surface area contributed by atoms with Gasteiger partial charge in [-0.1, -0.05) is 5.16 Å². The molecule has 1 fully saturated rings. The summed E-state index contributed by atoms with van der Waals surface area (Å²) in [6.45, 7) is 4.99. The van der Waals surface area contributed by atoms with Crippen molar-refractivity contribution < 1.29 is 9.26 Å². The lowest BCUT2D eigenvalue weighted by Gasteiger charge is -2.30. The Morgan fingerprint density at radius 1 is 1.35 bits per heavy atom. The largest absolute Gasteiger partial charge is 0.368 e. The standard InChI is InChI=1S/C15H16N4O2S2/c1-10-8-23-15(16-10)12-6-19(3-4-20-12)7-13-17-14(18-21-13)11-2-5-22-9-11/h2,5,8-9,12H,3-4,6-7H2,1H3. The maximum Gasteiger partial charge on any atom is 0.241 e. The lowest BCUT2D eigenvalue weighted by atomic mass is 10.3. The molecule has 3 aromatic rings. The second-order valence-corrected chi connectivity index (χ2v) is 7.12. The summed E-state index contributed by atoms with van der Waals surface area (Å²) in [5.41, 5.74) is 2.05. The van der Waals surface area contributed by atoms with Crippen molar-refractivity contribution in [2.75, 3.05) is 19.7 Å². The van der Waals surface area contributed by atoms with Crippen LogP contribution >= 0.6 is 22.7 Å². The highest BCUT2D eigenvalue weighted by molar-refractivity contribution is 7.09. The molecular weight excluding hydrogens is 332 g/mol. The first-order chi connectivity index (χ1) is 11.3. The number of ether oxygens (including phenoxy) is 1. The Labute approximate surface area is 141 Å². The third-order valence-corrected chi connectivity index (χ3v) is 5.41. The van der Waals surface area contributed by atoms with E-state index in [-0.39, 0.29) is 6.10 Å². The van der Waals surface area contributed by atoms with E-state index >= 15 is 0 Å². The lowest BCUT2D eigenvalue weighted by Crippen LogP contribution is -2.37. The van der Waals surface area contributed by atoms with Crippen LogP contribution in [0.5, 0.6) is 0 Å². The van der Waals surface area contributed by atoms with Gasteiger partial charge in [0.25, 0.3) is 0 Å². The van der Waals surface area contributed by atoms with E-state index in [1.54, 1.807) is 22.7 Å². The van der Waals surface area contributed by atoms with Gasteiger partial charge in [0.05, 0.1) is 13.2 Å². The molecule has 0 aromatic carbocycles. The maximum atomic E-state index is 5.85. The second kappa shape index (κ2) is 6.48. The summed E-state index contributed by atoms with van der Waals surface area (Å²) in [6, 6.07) is 1.99. The van der Waals surface area contributed by atoms with Crippen LogP contribution in [0.25, 0.3) is 11.4 Å². The number of morpholine rings is 1. The van der Waals surface area contributed by atoms with E-state index in [0.29, 0.717) is 24.9 Å². The van der Waals surface area contributed by atoms with Crippen molar-refractivity contribution >= 4 is 22.7 Å². The van der Waals surface area contributed by atoms with Gasteiger partial charge in [0.1, 0.15) is 11.1 Å². The molecule has 1 atom stereocenters. The monoisotopic (exact) mass is 348 g/mol. The number of rotatable bonds is 4. The van der Waals surface area contributed by atoms with Crippen LogP contribution in [0.15, 0.2) is 26.7 Å². The van der Waals surface area contributed by atoms with Crippen LogP contribution in [0.2, 0.25) is 0 Å². The zero-order chi connectivity index (χ0) is 15.6. The Morgan fingerprint density at radius 2 is 2.30 bits per heavy atom. The van der Waals surface area contributed by atoms with Gasteiger partial charge in [-0.25, -0.2) is 4.98 Å². The van der Waals surface area contributed by atoms with Gasteiger partial charge in [0, 0.05) is 35.1 Å². The topological polar surface area (TPSA) is 64.3 Å². The van der Waals surface area contributed by atoms with Gasteiger partial charge in [-0.2, -0.15) is 16.3 Å². The van der Waals surface area contributed by atoms with Crippen molar-refractivity contribution in [3.05, 3.63) is 38.8 Å². The molecule has 1 unspecified atom stereocenters. The summed E-state index contributed by atoms with van der Waals surface area (Å²) < 4.78 is 11.2. The lowest BCUT2D eigenvalue weighted by molar-refractivity contribution is -0.0357. The number of hydrogen-bond donors (Lipinski definition) is 0. The summed E-state index contributed by atoms with van der Waals surface area (Å²) in [5.74, 6) is 1.30. The first-order valence-electron chi connectivity index (χ1n) is 7.39. The highest BCUT2D eigenvalue weighted by atomic mass is 32.1. The molecule has 1 aliphatic rings. The molecule has 4 heterocycles. The van der Waals surface area contributed by atoms with Crippen LogP contribution in [0, 0.1) is 6.92 Å². The summed E-state index contributed by atoms with van der Waals surface area (Å²) in [5, 5.41) is 11.2. The van der Waals surface area contributed by atoms with Crippen LogP contribution in [-0.2, 0) is 11.3 Å². The number of nitrogens with zero attached hydrogens (tertiary/aromatic N) is 4. The number of aryl methyl sites for hydroxylation is 1. The molecule has 120 valence electrons. The molecular formula is C15H16N4O2S2. The van der Waals surface area contributed by atoms with Gasteiger partial charge in [0.15, 0.2) is 0 Å². The minimum absolute atomic E-state index is 0.0294. The normalized spacial score (nSPS) is 19.3. The predicted octanol–water partition coefficient (Wildman–Crippen LogP) is 3.14. The van der Waals surface area contributed by atoms with Gasteiger partial charge < -0.3 is 9.26 Å². The molecule has 3 aromatic heterocycles. The average molecular weight is 348 g/mol. The Kier molecular flexibility index (Phi) is 4.21. The van der Waals surface area contributed by atoms with E-state index in [1.165, 1.54) is 0 Å². The average Bonchev–Trinajstić information content (AvgIpc) is 3.28. The minimum Gasteiger partial charge on any atom is -0.368 e. The van der Waals surface area contributed by atoms with Crippen LogP contribution in [0.4, 0.5) is 0 Å². The second-order valence-electron chi connectivity index (χ2n) is 5.45. The van der Waals surface area contributed by atoms with Crippen molar-refractivity contribution in [3.8, 4) is 11.4 Å². The third-order valence-electron chi connectivity index (χ3n) is 3.67. The highest BCUT2D eigenvalue weighted by Crippen LogP contribution is 2.26. The highest BCUT2D eigenvalue weighted by Gasteiger charge is 2.25. The number of hydrogen-bond acceptors (Lipinski definition) is 8. The Bertz CT molecular complexity index is 768. The molecule has 8 heteroatoms. The smallest absolute Gasteiger partial charge is 0.241 e. The van der Waals surface area contributed by atoms with E-state index < -0.39 is 0 Å². The van der Waals surface area contributed by atoms with Crippen molar-refractivity contribution in [2.45, 2.75) is 19.6 Å². The van der Waals surface area contributed by atoms with E-state index in [4.69, 9.17) is 9.26 Å². The van der Waals surface area contributed by atoms with Crippen LogP contribution in [-0.4, -0.2) is 39.7 Å². The minimum atomic E-state index is 0.0294. The summed E-state index contributed by atoms with van der Waals surface area (Å²) in [6.07, 6.45) is 0.0294. The quantitative estimate of drug-likeness (QED) is 0.722. The first-order valence-corrected chi connectivity index (χ1v) is 9.21. The van der Waals surface area contributed by atoms with Crippen molar-refractivity contribution in [3.63, 3.8) is 0 Å². The zero-order valence-corrected chi connectivity index (χ0v) is 14.3. The van der Waals surface area contributed by atoms with Crippen molar-refractivity contribution in [1.29, 1.82) is 0 Å². The Morgan fingerprint density at radius 3 is 3.09 bits per heavy atom. The van der Waals surface area contributed by atoms with E-state index in [1.807, 2.05) is 23.8 Å². The third kappa shape index (κ3) is 3.35. The van der Waals surface area contributed by atoms with E-state index in [2.05, 4.69) is 25.4 Å². The molecule has 0 amide bonds. The molecule has 4 rings (SSSR count). The number of aromatic nitrogens is 3. The molecule has 0 spiro atoms. The molecule has 0 N–H and O–H groups in total. The molecule has 0 bridgehead atoms. The molecule has 6 nitrogen and oxygen atoms in total. The van der Waals surface area contributed by atoms with E-state index in [0.717, 1.165) is 29.4 Å². The van der Waals surface area contributed by atoms with Crippen molar-refractivity contribution in [2.24, 2.45) is 0 Å². The van der Waals surface area contributed by atoms with E-state index in [9.17, 15) is 0 Å². The molecule has 23 heavy (non-hydrogen) atoms. The molecule has 0 saturated carbocycles. The first kappa shape index (κ1) is 14.9. The fourth-order valence-corrected chi connectivity index (χ4v) is 4.00. The van der Waals surface area contributed by atoms with Crippen LogP contribution in [0.3, 0.4) is 0 Å². The molecule has 0 aliphatic carbocycles. The van der Waals surface area contributed by atoms with Gasteiger partial charge in [-0.05, 0) is 18.4 Å². The van der Waals surface area contributed by atoms with Gasteiger partial charge in [-0.15, -0.1) is 11.3 Å². The van der Waals surface area contributed by atoms with Crippen LogP contribution < -0.4 is 0 Å². The summed E-state index contributed by atoms with van der Waals surface area (Å²) in [7, 11) is 0. The Hall–Kier alpha value is -1.61. The zero-order valence-electron chi connectivity index (χ0n) is 12.6. The Balaban J connectivity index is 1.42. The van der Waals surface area contributed by atoms with Crippen LogP contribution in [0.1, 0.15) is 22.7 Å². The number of thiophene rings is 1. The predicted molar refractivity (Wildman–Crippen MR) is 88.4 cm³/mol. The number of thiazole rings is 1. The summed E-state index contributed by atoms with van der Waals surface area (Å²) >= 11 is 3.28. The van der Waals surface area contributed by atoms with Gasteiger partial charge >= 0.3 is 0 Å². The molecule has 0 radical (unpaired) electrons. The molecule has 1 saturated heterocycles. The fraction of sp³-hybridized carbons (Fsp3) is 0.400. The van der Waals surface area contributed by atoms with Crippen molar-refractivity contribution in [1.82, 2.24) is 20.0 Å². The van der Waals surface area contributed by atoms with Gasteiger partial charge in [0.2, 0.25) is 11.7 Å². The SMILES string of the molecule is Cc1csc(C2CN(Cc3nc(-c4ccsc4)no3)CCO2)n1. The fourth-order valence-electron chi connectivity index (χ4n) is 2.53.